The molecule has 0 spiro atoms. The largest absolute Gasteiger partial charge is 0.129 e. The molecule has 0 aromatic heterocycles. The molecule has 0 nitrogen and oxygen atoms in total. The summed E-state index contributed by atoms with van der Waals surface area (Å²) in [4.78, 5) is 0. The molecule has 0 aliphatic rings. The first-order valence-electron chi connectivity index (χ1n) is 6.33. The van der Waals surface area contributed by atoms with Crippen LogP contribution in [0.5, 0.6) is 0 Å². The van der Waals surface area contributed by atoms with Crippen LogP contribution < -0.4 is 0 Å². The number of benzene rings is 2. The predicted molar refractivity (Wildman–Crippen MR) is 87.1 cm³/mol. The summed E-state index contributed by atoms with van der Waals surface area (Å²) in [5.41, 5.74) is 6.82. The Hall–Kier alpha value is -1.49. The highest BCUT2D eigenvalue weighted by atomic mass is 35.5. The molecular weight excluding hydrogens is 268 g/mol. The van der Waals surface area contributed by atoms with E-state index in [0.717, 1.165) is 10.6 Å². The second kappa shape index (κ2) is 5.65. The first kappa shape index (κ1) is 13.9. The fraction of sp³-hybridized carbons (Fsp3) is 0.176. The van der Waals surface area contributed by atoms with Gasteiger partial charge in [0.1, 0.15) is 8.07 Å². The molecule has 2 aromatic rings. The standard InChI is InChI=1S/C17H17ClSi/c1-19(2,3)13-12-14-4-6-15(7-5-14)16-8-10-17(18)11-9-16/h4-11H,1-3H3. The van der Waals surface area contributed by atoms with Crippen molar-refractivity contribution >= 4 is 19.7 Å². The molecule has 0 fully saturated rings. The van der Waals surface area contributed by atoms with Gasteiger partial charge >= 0.3 is 0 Å². The molecular formula is C17H17ClSi. The number of hydrogen-bond donors (Lipinski definition) is 0. The second-order valence-corrected chi connectivity index (χ2v) is 10.8. The van der Waals surface area contributed by atoms with E-state index in [1.54, 1.807) is 0 Å². The van der Waals surface area contributed by atoms with Crippen LogP contribution in [0.3, 0.4) is 0 Å². The average Bonchev–Trinajstić information content (AvgIpc) is 2.37. The van der Waals surface area contributed by atoms with Crippen molar-refractivity contribution in [3.05, 3.63) is 59.1 Å². The van der Waals surface area contributed by atoms with E-state index in [9.17, 15) is 0 Å². The van der Waals surface area contributed by atoms with Crippen LogP contribution in [0, 0.1) is 11.5 Å². The molecule has 2 rings (SSSR count). The first-order valence-corrected chi connectivity index (χ1v) is 10.2. The minimum atomic E-state index is -1.30. The summed E-state index contributed by atoms with van der Waals surface area (Å²) in [5.74, 6) is 3.26. The Morgan fingerprint density at radius 3 is 1.74 bits per heavy atom. The van der Waals surface area contributed by atoms with Gasteiger partial charge in [-0.1, -0.05) is 61.4 Å². The third kappa shape index (κ3) is 4.27. The molecule has 19 heavy (non-hydrogen) atoms. The van der Waals surface area contributed by atoms with Gasteiger partial charge in [0.2, 0.25) is 0 Å². The van der Waals surface area contributed by atoms with Crippen LogP contribution >= 0.6 is 11.6 Å². The van der Waals surface area contributed by atoms with Gasteiger partial charge in [0.15, 0.2) is 0 Å². The maximum Gasteiger partial charge on any atom is 0.129 e. The molecule has 0 aliphatic heterocycles. The minimum Gasteiger partial charge on any atom is -0.127 e. The molecule has 0 saturated carbocycles. The highest BCUT2D eigenvalue weighted by Crippen LogP contribution is 2.21. The third-order valence-corrected chi connectivity index (χ3v) is 3.77. The van der Waals surface area contributed by atoms with Crippen molar-refractivity contribution in [3.8, 4) is 22.6 Å². The monoisotopic (exact) mass is 284 g/mol. The average molecular weight is 285 g/mol. The van der Waals surface area contributed by atoms with Gasteiger partial charge in [-0.15, -0.1) is 5.54 Å². The van der Waals surface area contributed by atoms with Crippen LogP contribution in [0.25, 0.3) is 11.1 Å². The van der Waals surface area contributed by atoms with Crippen LogP contribution in [0.4, 0.5) is 0 Å². The lowest BCUT2D eigenvalue weighted by Crippen LogP contribution is -2.16. The maximum absolute atomic E-state index is 5.89. The van der Waals surface area contributed by atoms with Crippen LogP contribution in [0.2, 0.25) is 24.7 Å². The van der Waals surface area contributed by atoms with E-state index in [-0.39, 0.29) is 0 Å². The zero-order chi connectivity index (χ0) is 13.9. The molecule has 0 N–H and O–H groups in total. The smallest absolute Gasteiger partial charge is 0.127 e. The maximum atomic E-state index is 5.89. The minimum absolute atomic E-state index is 0.765. The topological polar surface area (TPSA) is 0 Å². The Morgan fingerprint density at radius 2 is 1.26 bits per heavy atom. The van der Waals surface area contributed by atoms with Crippen molar-refractivity contribution in [2.24, 2.45) is 0 Å². The number of hydrogen-bond acceptors (Lipinski definition) is 0. The van der Waals surface area contributed by atoms with Crippen molar-refractivity contribution in [1.29, 1.82) is 0 Å². The lowest BCUT2D eigenvalue weighted by Gasteiger charge is -2.04. The zero-order valence-electron chi connectivity index (χ0n) is 11.5. The van der Waals surface area contributed by atoms with Crippen molar-refractivity contribution < 1.29 is 0 Å². The normalized spacial score (nSPS) is 10.7. The molecule has 96 valence electrons. The van der Waals surface area contributed by atoms with E-state index in [1.165, 1.54) is 11.1 Å². The molecule has 2 heteroatoms. The van der Waals surface area contributed by atoms with E-state index in [0.29, 0.717) is 0 Å². The van der Waals surface area contributed by atoms with Crippen molar-refractivity contribution in [3.63, 3.8) is 0 Å². The first-order chi connectivity index (χ1) is 8.94. The van der Waals surface area contributed by atoms with Gasteiger partial charge in [-0.3, -0.25) is 0 Å². The second-order valence-electron chi connectivity index (χ2n) is 5.58. The van der Waals surface area contributed by atoms with Crippen LogP contribution in [0.15, 0.2) is 48.5 Å². The van der Waals surface area contributed by atoms with Crippen LogP contribution in [0.1, 0.15) is 5.56 Å². The Balaban J connectivity index is 2.23. The molecule has 0 bridgehead atoms. The zero-order valence-corrected chi connectivity index (χ0v) is 13.3. The molecule has 0 saturated heterocycles. The van der Waals surface area contributed by atoms with Gasteiger partial charge in [-0.25, -0.2) is 0 Å². The fourth-order valence-corrected chi connectivity index (χ4v) is 2.29. The molecule has 0 aliphatic carbocycles. The van der Waals surface area contributed by atoms with E-state index < -0.39 is 8.07 Å². The summed E-state index contributed by atoms with van der Waals surface area (Å²) < 4.78 is 0. The molecule has 0 radical (unpaired) electrons. The fourth-order valence-electron chi connectivity index (χ4n) is 1.65. The lowest BCUT2D eigenvalue weighted by atomic mass is 10.0. The van der Waals surface area contributed by atoms with Crippen LogP contribution in [-0.2, 0) is 0 Å². The highest BCUT2D eigenvalue weighted by Gasteiger charge is 2.07. The predicted octanol–water partition coefficient (Wildman–Crippen LogP) is 5.24. The van der Waals surface area contributed by atoms with Gasteiger partial charge in [0, 0.05) is 10.6 Å². The van der Waals surface area contributed by atoms with Gasteiger partial charge in [-0.2, -0.15) is 0 Å². The summed E-state index contributed by atoms with van der Waals surface area (Å²) in [6.45, 7) is 6.76. The molecule has 0 unspecified atom stereocenters. The van der Waals surface area contributed by atoms with Crippen LogP contribution in [-0.4, -0.2) is 8.07 Å². The Morgan fingerprint density at radius 1 is 0.789 bits per heavy atom. The Kier molecular flexibility index (Phi) is 4.14. The lowest BCUT2D eigenvalue weighted by molar-refractivity contribution is 1.59. The van der Waals surface area contributed by atoms with Crippen molar-refractivity contribution in [2.75, 3.05) is 0 Å². The quantitative estimate of drug-likeness (QED) is 0.496. The van der Waals surface area contributed by atoms with Gasteiger partial charge in [0.25, 0.3) is 0 Å². The molecule has 0 atom stereocenters. The van der Waals surface area contributed by atoms with E-state index in [1.807, 2.05) is 24.3 Å². The van der Waals surface area contributed by atoms with Crippen molar-refractivity contribution in [2.45, 2.75) is 19.6 Å². The highest BCUT2D eigenvalue weighted by molar-refractivity contribution is 6.83. The van der Waals surface area contributed by atoms with Crippen molar-refractivity contribution in [1.82, 2.24) is 0 Å². The third-order valence-electron chi connectivity index (χ3n) is 2.64. The summed E-state index contributed by atoms with van der Waals surface area (Å²) >= 11 is 5.89. The van der Waals surface area contributed by atoms with Gasteiger partial charge < -0.3 is 0 Å². The van der Waals surface area contributed by atoms with Gasteiger partial charge in [-0.05, 0) is 35.4 Å². The summed E-state index contributed by atoms with van der Waals surface area (Å²) in [7, 11) is -1.30. The van der Waals surface area contributed by atoms with E-state index in [2.05, 4.69) is 55.4 Å². The van der Waals surface area contributed by atoms with E-state index >= 15 is 0 Å². The van der Waals surface area contributed by atoms with Gasteiger partial charge in [0.05, 0.1) is 0 Å². The molecule has 0 heterocycles. The Bertz CT molecular complexity index is 608. The number of rotatable bonds is 1. The summed E-state index contributed by atoms with van der Waals surface area (Å²) in [6.07, 6.45) is 0. The SMILES string of the molecule is C[Si](C)(C)C#Cc1ccc(-c2ccc(Cl)cc2)cc1. The van der Waals surface area contributed by atoms with E-state index in [4.69, 9.17) is 11.6 Å². The summed E-state index contributed by atoms with van der Waals surface area (Å²) in [6, 6.07) is 16.3. The Labute approximate surface area is 121 Å². The molecule has 0 amide bonds. The summed E-state index contributed by atoms with van der Waals surface area (Å²) in [5, 5.41) is 0.765. The molecule has 2 aromatic carbocycles. The number of halogens is 1.